The highest BCUT2D eigenvalue weighted by molar-refractivity contribution is 8.55. The number of hydrogen-bond acceptors (Lipinski definition) is 4. The molecule has 2 aliphatic heterocycles. The van der Waals surface area contributed by atoms with Gasteiger partial charge in [0.2, 0.25) is 7.66 Å². The summed E-state index contributed by atoms with van der Waals surface area (Å²) in [5.74, 6) is 4.78. The van der Waals surface area contributed by atoms with Crippen LogP contribution in [0.2, 0.25) is 0 Å². The predicted octanol–water partition coefficient (Wildman–Crippen LogP) is 3.89. The Hall–Kier alpha value is -0.740. The molecule has 1 unspecified atom stereocenters. The van der Waals surface area contributed by atoms with Crippen LogP contribution in [0.3, 0.4) is 0 Å². The van der Waals surface area contributed by atoms with Crippen LogP contribution >= 0.6 is 17.8 Å². The van der Waals surface area contributed by atoms with Crippen molar-refractivity contribution in [3.8, 4) is 5.75 Å². The van der Waals surface area contributed by atoms with Gasteiger partial charge in [0.05, 0.1) is 0 Å². The molecule has 24 heavy (non-hydrogen) atoms. The summed E-state index contributed by atoms with van der Waals surface area (Å²) >= 11 is 0. The average Bonchev–Trinajstić information content (AvgIpc) is 2.57. The molecule has 132 valence electrons. The summed E-state index contributed by atoms with van der Waals surface area (Å²) in [5, 5.41) is 0. The second-order valence-corrected chi connectivity index (χ2v) is 10.1. The summed E-state index contributed by atoms with van der Waals surface area (Å²) in [6.45, 7) is 9.04. The van der Waals surface area contributed by atoms with Gasteiger partial charge in [-0.05, 0) is 58.0 Å². The maximum absolute atomic E-state index is 11.0. The van der Waals surface area contributed by atoms with Crippen LogP contribution in [0.25, 0.3) is 0 Å². The van der Waals surface area contributed by atoms with E-state index < -0.39 is 10.1 Å². The fourth-order valence-corrected chi connectivity index (χ4v) is 4.71. The first kappa shape index (κ1) is 18.1. The molecule has 1 atom stereocenters. The van der Waals surface area contributed by atoms with Crippen LogP contribution in [0.15, 0.2) is 29.2 Å². The van der Waals surface area contributed by atoms with E-state index in [1.807, 2.05) is 24.3 Å². The van der Waals surface area contributed by atoms with Gasteiger partial charge in [0, 0.05) is 30.1 Å². The van der Waals surface area contributed by atoms with Gasteiger partial charge in [-0.25, -0.2) is 0 Å². The molecule has 1 aromatic carbocycles. The smallest absolute Gasteiger partial charge is 0.224 e. The molecule has 0 aromatic heterocycles. The first-order valence-electron chi connectivity index (χ1n) is 8.69. The van der Waals surface area contributed by atoms with E-state index in [2.05, 4.69) is 29.5 Å². The fourth-order valence-electron chi connectivity index (χ4n) is 3.54. The summed E-state index contributed by atoms with van der Waals surface area (Å²) < 4.78 is 17.1. The van der Waals surface area contributed by atoms with Gasteiger partial charge >= 0.3 is 0 Å². The summed E-state index contributed by atoms with van der Waals surface area (Å²) in [6, 6.07) is 9.26. The molecule has 2 heterocycles. The molecule has 0 N–H and O–H groups in total. The number of benzene rings is 1. The molecule has 2 aliphatic rings. The molecule has 6 heteroatoms. The Morgan fingerprint density at radius 3 is 2.62 bits per heavy atom. The molecule has 1 aromatic rings. The lowest BCUT2D eigenvalue weighted by Crippen LogP contribution is -2.60. The first-order chi connectivity index (χ1) is 11.6. The van der Waals surface area contributed by atoms with Crippen LogP contribution in [0.4, 0.5) is 0 Å². The summed E-state index contributed by atoms with van der Waals surface area (Å²) in [6.07, 6.45) is 2.82. The number of likely N-dealkylation sites (tertiary alicyclic amines) is 2. The monoisotopic (exact) mass is 366 g/mol. The fraction of sp³-hybridized carbons (Fsp3) is 0.611. The van der Waals surface area contributed by atoms with Gasteiger partial charge in [0.1, 0.15) is 11.9 Å². The van der Waals surface area contributed by atoms with E-state index in [1.165, 1.54) is 25.9 Å². The largest absolute Gasteiger partial charge is 0.488 e. The van der Waals surface area contributed by atoms with Crippen molar-refractivity contribution in [2.24, 2.45) is 0 Å². The SMILES string of the molecule is C=S(P=O)c1cccc(OC2CN(C3CCN(C(C)C)CC3)C2)c1. The van der Waals surface area contributed by atoms with Crippen molar-refractivity contribution < 1.29 is 9.30 Å². The van der Waals surface area contributed by atoms with Crippen LogP contribution in [0, 0.1) is 0 Å². The molecule has 0 spiro atoms. The quantitative estimate of drug-likeness (QED) is 0.565. The average molecular weight is 366 g/mol. The van der Waals surface area contributed by atoms with Crippen LogP contribution in [0.1, 0.15) is 26.7 Å². The lowest BCUT2D eigenvalue weighted by molar-refractivity contribution is -0.0290. The second-order valence-electron chi connectivity index (χ2n) is 6.97. The number of piperidine rings is 1. The first-order valence-corrected chi connectivity index (χ1v) is 11.5. The van der Waals surface area contributed by atoms with Gasteiger partial charge in [-0.2, -0.15) is 0 Å². The summed E-state index contributed by atoms with van der Waals surface area (Å²) in [4.78, 5) is 6.12. The van der Waals surface area contributed by atoms with Crippen LogP contribution in [-0.4, -0.2) is 60.0 Å². The molecule has 0 amide bonds. The summed E-state index contributed by atoms with van der Waals surface area (Å²) in [5.41, 5.74) is 0. The zero-order valence-corrected chi connectivity index (χ0v) is 16.3. The minimum atomic E-state index is -0.496. The minimum Gasteiger partial charge on any atom is -0.488 e. The highest BCUT2D eigenvalue weighted by atomic mass is 32.7. The van der Waals surface area contributed by atoms with Crippen LogP contribution < -0.4 is 4.74 Å². The van der Waals surface area contributed by atoms with Crippen LogP contribution in [0.5, 0.6) is 5.75 Å². The van der Waals surface area contributed by atoms with Crippen molar-refractivity contribution >= 4 is 23.6 Å². The standard InChI is InChI=1S/C18H27N2O2PS/c1-14(2)19-9-7-15(8-10-19)20-12-17(13-20)22-16-5-4-6-18(11-16)24(3)23-21/h4-6,11,14-15,17H,3,7-10,12-13H2,1-2H3. The molecule has 2 fully saturated rings. The number of hydrogen-bond donors (Lipinski definition) is 0. The third-order valence-electron chi connectivity index (χ3n) is 5.09. The zero-order chi connectivity index (χ0) is 17.1. The van der Waals surface area contributed by atoms with Crippen molar-refractivity contribution in [3.05, 3.63) is 24.3 Å². The topological polar surface area (TPSA) is 32.8 Å². The van der Waals surface area contributed by atoms with Gasteiger partial charge in [-0.3, -0.25) is 9.46 Å². The molecule has 0 bridgehead atoms. The predicted molar refractivity (Wildman–Crippen MR) is 103 cm³/mol. The zero-order valence-electron chi connectivity index (χ0n) is 14.6. The molecular formula is C18H27N2O2PS. The van der Waals surface area contributed by atoms with E-state index in [-0.39, 0.29) is 13.8 Å². The van der Waals surface area contributed by atoms with Crippen molar-refractivity contribution in [3.63, 3.8) is 0 Å². The van der Waals surface area contributed by atoms with E-state index in [0.717, 1.165) is 29.8 Å². The van der Waals surface area contributed by atoms with Gasteiger partial charge in [-0.15, -0.1) is 0 Å². The van der Waals surface area contributed by atoms with Gasteiger partial charge in [-0.1, -0.05) is 22.0 Å². The van der Waals surface area contributed by atoms with Gasteiger partial charge in [0.25, 0.3) is 0 Å². The Morgan fingerprint density at radius 2 is 2.00 bits per heavy atom. The maximum Gasteiger partial charge on any atom is 0.224 e. The Balaban J connectivity index is 1.46. The summed E-state index contributed by atoms with van der Waals surface area (Å²) in [7, 11) is -0.419. The Morgan fingerprint density at radius 1 is 1.29 bits per heavy atom. The van der Waals surface area contributed by atoms with E-state index in [9.17, 15) is 4.57 Å². The van der Waals surface area contributed by atoms with Crippen molar-refractivity contribution in [1.29, 1.82) is 0 Å². The van der Waals surface area contributed by atoms with Gasteiger partial charge in [0.15, 0.2) is 0 Å². The van der Waals surface area contributed by atoms with E-state index in [1.54, 1.807) is 0 Å². The van der Waals surface area contributed by atoms with Crippen molar-refractivity contribution in [1.82, 2.24) is 9.80 Å². The normalized spacial score (nSPS) is 22.6. The molecule has 0 saturated carbocycles. The molecule has 4 nitrogen and oxygen atoms in total. The number of rotatable bonds is 6. The maximum atomic E-state index is 11.0. The molecule has 0 aliphatic carbocycles. The van der Waals surface area contributed by atoms with Gasteiger partial charge < -0.3 is 9.64 Å². The second kappa shape index (κ2) is 8.09. The molecule has 0 radical (unpaired) electrons. The third-order valence-corrected chi connectivity index (χ3v) is 7.24. The lowest BCUT2D eigenvalue weighted by Gasteiger charge is -2.47. The third kappa shape index (κ3) is 4.26. The molecule has 3 rings (SSSR count). The number of nitrogens with zero attached hydrogens (tertiary/aromatic N) is 2. The molecule has 2 saturated heterocycles. The van der Waals surface area contributed by atoms with Crippen LogP contribution in [-0.2, 0) is 4.57 Å². The minimum absolute atomic E-state index is 0.0771. The molecular weight excluding hydrogens is 339 g/mol. The number of ether oxygens (including phenoxy) is 1. The van der Waals surface area contributed by atoms with E-state index in [0.29, 0.717) is 6.04 Å². The van der Waals surface area contributed by atoms with Crippen molar-refractivity contribution in [2.45, 2.75) is 49.8 Å². The highest BCUT2D eigenvalue weighted by Crippen LogP contribution is 2.37. The van der Waals surface area contributed by atoms with E-state index in [4.69, 9.17) is 4.74 Å². The Labute approximate surface area is 149 Å². The van der Waals surface area contributed by atoms with Crippen molar-refractivity contribution in [2.75, 3.05) is 26.2 Å². The Kier molecular flexibility index (Phi) is 6.09. The lowest BCUT2D eigenvalue weighted by atomic mass is 9.98. The highest BCUT2D eigenvalue weighted by Gasteiger charge is 2.35. The van der Waals surface area contributed by atoms with E-state index >= 15 is 0 Å². The Bertz CT molecular complexity index is 596.